The molecule has 1 aliphatic rings. The van der Waals surface area contributed by atoms with Crippen LogP contribution in [0.2, 0.25) is 0 Å². The summed E-state index contributed by atoms with van der Waals surface area (Å²) in [6.07, 6.45) is 1.36. The lowest BCUT2D eigenvalue weighted by molar-refractivity contribution is -0.141. The summed E-state index contributed by atoms with van der Waals surface area (Å²) >= 11 is 0. The van der Waals surface area contributed by atoms with Crippen molar-refractivity contribution in [1.29, 1.82) is 0 Å². The van der Waals surface area contributed by atoms with E-state index >= 15 is 0 Å². The minimum atomic E-state index is -0.416. The van der Waals surface area contributed by atoms with Crippen LogP contribution in [0.3, 0.4) is 0 Å². The van der Waals surface area contributed by atoms with E-state index in [1.54, 1.807) is 4.90 Å². The molecule has 1 heterocycles. The van der Waals surface area contributed by atoms with Gasteiger partial charge in [0.15, 0.2) is 0 Å². The number of esters is 1. The van der Waals surface area contributed by atoms with E-state index < -0.39 is 6.09 Å². The molecule has 1 aromatic rings. The second-order valence-corrected chi connectivity index (χ2v) is 5.47. The second kappa shape index (κ2) is 6.64. The molecule has 5 nitrogen and oxygen atoms in total. The molecule has 0 bridgehead atoms. The number of hydrogen-bond donors (Lipinski definition) is 0. The third-order valence-corrected chi connectivity index (χ3v) is 3.77. The van der Waals surface area contributed by atoms with Gasteiger partial charge in [-0.3, -0.25) is 9.69 Å². The molecule has 0 aliphatic carbocycles. The van der Waals surface area contributed by atoms with E-state index in [0.717, 1.165) is 22.4 Å². The molecule has 0 N–H and O–H groups in total. The number of methoxy groups -OCH3 is 1. The highest BCUT2D eigenvalue weighted by molar-refractivity contribution is 5.92. The fourth-order valence-corrected chi connectivity index (χ4v) is 2.92. The van der Waals surface area contributed by atoms with Crippen molar-refractivity contribution in [1.82, 2.24) is 0 Å². The Morgan fingerprint density at radius 2 is 2.14 bits per heavy atom. The maximum atomic E-state index is 12.2. The molecular weight excluding hydrogens is 282 g/mol. The lowest BCUT2D eigenvalue weighted by Gasteiger charge is -2.18. The summed E-state index contributed by atoms with van der Waals surface area (Å²) in [7, 11) is 1.37. The van der Waals surface area contributed by atoms with E-state index in [0.29, 0.717) is 6.54 Å². The first-order valence-corrected chi connectivity index (χ1v) is 7.21. The Bertz CT molecular complexity index is 609. The Morgan fingerprint density at radius 3 is 2.77 bits per heavy atom. The Hall–Kier alpha value is -2.30. The quantitative estimate of drug-likeness (QED) is 0.633. The Morgan fingerprint density at radius 1 is 1.41 bits per heavy atom. The van der Waals surface area contributed by atoms with Crippen LogP contribution in [0, 0.1) is 13.8 Å². The first-order valence-electron chi connectivity index (χ1n) is 7.21. The number of nitrogens with zero attached hydrogens (tertiary/aromatic N) is 1. The van der Waals surface area contributed by atoms with Crippen molar-refractivity contribution in [2.24, 2.45) is 0 Å². The zero-order chi connectivity index (χ0) is 16.3. The number of aryl methyl sites for hydroxylation is 2. The van der Waals surface area contributed by atoms with Gasteiger partial charge in [-0.1, -0.05) is 30.4 Å². The third-order valence-electron chi connectivity index (χ3n) is 3.77. The maximum Gasteiger partial charge on any atom is 0.414 e. The van der Waals surface area contributed by atoms with Crippen molar-refractivity contribution in [3.63, 3.8) is 0 Å². The van der Waals surface area contributed by atoms with E-state index in [1.807, 2.05) is 26.0 Å². The van der Waals surface area contributed by atoms with Gasteiger partial charge < -0.3 is 9.47 Å². The first-order chi connectivity index (χ1) is 10.5. The van der Waals surface area contributed by atoms with Gasteiger partial charge in [-0.05, 0) is 25.0 Å². The zero-order valence-corrected chi connectivity index (χ0v) is 13.2. The molecular formula is C17H21NO4. The predicted molar refractivity (Wildman–Crippen MR) is 84.2 cm³/mol. The highest BCUT2D eigenvalue weighted by Crippen LogP contribution is 2.41. The van der Waals surface area contributed by atoms with Crippen LogP contribution < -0.4 is 4.90 Å². The van der Waals surface area contributed by atoms with Crippen LogP contribution >= 0.6 is 0 Å². The van der Waals surface area contributed by atoms with Crippen molar-refractivity contribution in [2.75, 3.05) is 25.2 Å². The van der Waals surface area contributed by atoms with Crippen molar-refractivity contribution in [2.45, 2.75) is 26.2 Å². The topological polar surface area (TPSA) is 55.8 Å². The number of rotatable bonds is 4. The van der Waals surface area contributed by atoms with Gasteiger partial charge in [0.25, 0.3) is 0 Å². The standard InChI is InChI=1S/C17H21NO4/c1-5-6-22-17(20)18-10-13(9-15(19)21-4)14-8-11(2)7-12(3)16(14)18/h5,7-8,13H,1,6,9-10H2,2-4H3/t13-/m0/s1. The maximum absolute atomic E-state index is 12.2. The van der Waals surface area contributed by atoms with Crippen LogP contribution in [0.1, 0.15) is 29.0 Å². The summed E-state index contributed by atoms with van der Waals surface area (Å²) in [4.78, 5) is 25.5. The molecule has 5 heteroatoms. The summed E-state index contributed by atoms with van der Waals surface area (Å²) in [5, 5.41) is 0. The van der Waals surface area contributed by atoms with Crippen molar-refractivity contribution in [3.8, 4) is 0 Å². The molecule has 0 unspecified atom stereocenters. The first kappa shape index (κ1) is 16.1. The number of hydrogen-bond acceptors (Lipinski definition) is 4. The van der Waals surface area contributed by atoms with Gasteiger partial charge in [-0.2, -0.15) is 0 Å². The molecule has 0 fully saturated rings. The second-order valence-electron chi connectivity index (χ2n) is 5.47. The monoisotopic (exact) mass is 303 g/mol. The lowest BCUT2D eigenvalue weighted by atomic mass is 9.94. The number of benzene rings is 1. The largest absolute Gasteiger partial charge is 0.469 e. The molecule has 118 valence electrons. The molecule has 1 aliphatic heterocycles. The Balaban J connectivity index is 2.35. The Kier molecular flexibility index (Phi) is 4.85. The summed E-state index contributed by atoms with van der Waals surface area (Å²) in [6, 6.07) is 4.05. The molecule has 0 saturated heterocycles. The highest BCUT2D eigenvalue weighted by atomic mass is 16.6. The van der Waals surface area contributed by atoms with Gasteiger partial charge in [0.1, 0.15) is 6.61 Å². The summed E-state index contributed by atoms with van der Waals surface area (Å²) in [5.41, 5.74) is 3.94. The lowest BCUT2D eigenvalue weighted by Crippen LogP contribution is -2.31. The van der Waals surface area contributed by atoms with Crippen LogP contribution in [-0.2, 0) is 14.3 Å². The van der Waals surface area contributed by atoms with Crippen LogP contribution in [-0.4, -0.2) is 32.3 Å². The molecule has 2 rings (SSSR count). The number of anilines is 1. The molecule has 1 aromatic carbocycles. The Labute approximate surface area is 130 Å². The number of carbonyl (C=O) groups excluding carboxylic acids is 2. The molecule has 1 amide bonds. The van der Waals surface area contributed by atoms with Gasteiger partial charge in [0.05, 0.1) is 19.2 Å². The smallest absolute Gasteiger partial charge is 0.414 e. The molecule has 0 spiro atoms. The van der Waals surface area contributed by atoms with E-state index in [-0.39, 0.29) is 24.9 Å². The fraction of sp³-hybridized carbons (Fsp3) is 0.412. The van der Waals surface area contributed by atoms with Crippen molar-refractivity contribution in [3.05, 3.63) is 41.5 Å². The molecule has 1 atom stereocenters. The van der Waals surface area contributed by atoms with Gasteiger partial charge in [-0.25, -0.2) is 4.79 Å². The third kappa shape index (κ3) is 3.13. The highest BCUT2D eigenvalue weighted by Gasteiger charge is 2.35. The van der Waals surface area contributed by atoms with Crippen molar-refractivity contribution < 1.29 is 19.1 Å². The van der Waals surface area contributed by atoms with Crippen LogP contribution in [0.4, 0.5) is 10.5 Å². The average molecular weight is 303 g/mol. The summed E-state index contributed by atoms with van der Waals surface area (Å²) in [5.74, 6) is -0.353. The van der Waals surface area contributed by atoms with Crippen LogP contribution in [0.15, 0.2) is 24.8 Å². The number of ether oxygens (including phenoxy) is 2. The SMILES string of the molecule is C=CCOC(=O)N1C[C@H](CC(=O)OC)c2cc(C)cc(C)c21. The molecule has 22 heavy (non-hydrogen) atoms. The van der Waals surface area contributed by atoms with Crippen LogP contribution in [0.25, 0.3) is 0 Å². The number of fused-ring (bicyclic) bond motifs is 1. The van der Waals surface area contributed by atoms with E-state index in [9.17, 15) is 9.59 Å². The minimum Gasteiger partial charge on any atom is -0.469 e. The number of carbonyl (C=O) groups is 2. The minimum absolute atomic E-state index is 0.0719. The molecule has 0 aromatic heterocycles. The van der Waals surface area contributed by atoms with E-state index in [2.05, 4.69) is 6.58 Å². The van der Waals surface area contributed by atoms with E-state index in [1.165, 1.54) is 13.2 Å². The van der Waals surface area contributed by atoms with Gasteiger partial charge in [-0.15, -0.1) is 0 Å². The number of amides is 1. The van der Waals surface area contributed by atoms with E-state index in [4.69, 9.17) is 9.47 Å². The van der Waals surface area contributed by atoms with Crippen LogP contribution in [0.5, 0.6) is 0 Å². The van der Waals surface area contributed by atoms with Crippen molar-refractivity contribution >= 4 is 17.7 Å². The fourth-order valence-electron chi connectivity index (χ4n) is 2.92. The van der Waals surface area contributed by atoms with Gasteiger partial charge in [0.2, 0.25) is 0 Å². The normalized spacial score (nSPS) is 16.1. The predicted octanol–water partition coefficient (Wildman–Crippen LogP) is 3.09. The average Bonchev–Trinajstić information content (AvgIpc) is 2.83. The molecule has 0 saturated carbocycles. The van der Waals surface area contributed by atoms with Gasteiger partial charge >= 0.3 is 12.1 Å². The molecule has 0 radical (unpaired) electrons. The summed E-state index contributed by atoms with van der Waals surface area (Å²) < 4.78 is 9.91. The summed E-state index contributed by atoms with van der Waals surface area (Å²) in [6.45, 7) is 8.09. The van der Waals surface area contributed by atoms with Gasteiger partial charge in [0, 0.05) is 12.5 Å². The zero-order valence-electron chi connectivity index (χ0n) is 13.2.